The molecule has 1 heterocycles. The van der Waals surface area contributed by atoms with E-state index >= 15 is 0 Å². The predicted octanol–water partition coefficient (Wildman–Crippen LogP) is 1.84. The molecule has 0 saturated carbocycles. The molecule has 0 bridgehead atoms. The summed E-state index contributed by atoms with van der Waals surface area (Å²) in [5, 5.41) is 31.6. The summed E-state index contributed by atoms with van der Waals surface area (Å²) in [5.74, 6) is -6.68. The van der Waals surface area contributed by atoms with Gasteiger partial charge in [-0.3, -0.25) is 14.4 Å². The van der Waals surface area contributed by atoms with Crippen LogP contribution in [0.4, 0.5) is 4.79 Å². The summed E-state index contributed by atoms with van der Waals surface area (Å²) in [6, 6.07) is -5.01. The maximum Gasteiger partial charge on any atom is 0.335 e. The van der Waals surface area contributed by atoms with Gasteiger partial charge in [0.2, 0.25) is 11.8 Å². The van der Waals surface area contributed by atoms with Gasteiger partial charge < -0.3 is 15.3 Å². The van der Waals surface area contributed by atoms with Gasteiger partial charge in [0.25, 0.3) is 0 Å². The number of hydrogen-bond donors (Lipinski definition) is 3. The van der Waals surface area contributed by atoms with Crippen LogP contribution in [0.2, 0.25) is 0 Å². The molecule has 1 aliphatic heterocycles. The van der Waals surface area contributed by atoms with E-state index in [4.69, 9.17) is 10.6 Å². The maximum absolute atomic E-state index is 13.3. The van der Waals surface area contributed by atoms with E-state index in [-0.39, 0.29) is 38.6 Å². The first-order valence-corrected chi connectivity index (χ1v) is 10.4. The third-order valence-corrected chi connectivity index (χ3v) is 5.75. The Bertz CT molecular complexity index is 864. The van der Waals surface area contributed by atoms with E-state index < -0.39 is 66.1 Å². The number of carbonyl (C=O) groups excluding carboxylic acids is 3. The number of nitrogens with zero attached hydrogens (tertiary/aromatic N) is 5. The Labute approximate surface area is 188 Å². The van der Waals surface area contributed by atoms with E-state index in [9.17, 15) is 39.0 Å². The zero-order valence-electron chi connectivity index (χ0n) is 18.3. The van der Waals surface area contributed by atoms with Crippen molar-refractivity contribution < 1.29 is 44.1 Å². The highest BCUT2D eigenvalue weighted by Gasteiger charge is 2.59. The van der Waals surface area contributed by atoms with Crippen LogP contribution in [0, 0.1) is 5.41 Å². The van der Waals surface area contributed by atoms with Crippen molar-refractivity contribution in [1.29, 1.82) is 0 Å². The minimum Gasteiger partial charge on any atom is -0.481 e. The van der Waals surface area contributed by atoms with Gasteiger partial charge in [0.05, 0.1) is 0 Å². The van der Waals surface area contributed by atoms with E-state index in [1.807, 2.05) is 0 Å². The quantitative estimate of drug-likeness (QED) is 0.111. The zero-order chi connectivity index (χ0) is 25.3. The molecule has 1 rings (SSSR count). The Hall–Kier alpha value is -3.67. The molecule has 182 valence electrons. The van der Waals surface area contributed by atoms with E-state index in [0.29, 0.717) is 9.80 Å². The van der Waals surface area contributed by atoms with E-state index in [1.165, 1.54) is 13.8 Å². The van der Waals surface area contributed by atoms with Gasteiger partial charge in [-0.1, -0.05) is 25.4 Å². The largest absolute Gasteiger partial charge is 0.481 e. The Balaban J connectivity index is 3.49. The fraction of sp³-hybridized carbons (Fsp3) is 0.684. The lowest BCUT2D eigenvalue weighted by Gasteiger charge is -2.46. The highest BCUT2D eigenvalue weighted by atomic mass is 16.4. The van der Waals surface area contributed by atoms with Gasteiger partial charge in [-0.05, 0) is 37.6 Å². The van der Waals surface area contributed by atoms with Gasteiger partial charge in [0.15, 0.2) is 0 Å². The van der Waals surface area contributed by atoms with E-state index in [1.54, 1.807) is 0 Å². The number of urea groups is 1. The van der Waals surface area contributed by atoms with Crippen LogP contribution in [-0.4, -0.2) is 79.5 Å². The van der Waals surface area contributed by atoms with Crippen molar-refractivity contribution in [2.24, 2.45) is 10.5 Å². The van der Waals surface area contributed by atoms with Crippen LogP contribution in [0.1, 0.15) is 58.8 Å². The van der Waals surface area contributed by atoms with Crippen LogP contribution in [0.5, 0.6) is 0 Å². The Morgan fingerprint density at radius 2 is 1.42 bits per heavy atom. The van der Waals surface area contributed by atoms with Gasteiger partial charge in [0, 0.05) is 17.9 Å². The third kappa shape index (κ3) is 5.77. The molecule has 0 aliphatic carbocycles. The average Bonchev–Trinajstić information content (AvgIpc) is 2.74. The molecule has 1 saturated heterocycles. The van der Waals surface area contributed by atoms with Crippen molar-refractivity contribution in [2.75, 3.05) is 6.54 Å². The summed E-state index contributed by atoms with van der Waals surface area (Å²) in [6.45, 7) is 3.03. The molecule has 2 atom stereocenters. The van der Waals surface area contributed by atoms with E-state index in [2.05, 4.69) is 10.0 Å². The maximum atomic E-state index is 13.3. The first-order chi connectivity index (χ1) is 15.5. The highest BCUT2D eigenvalue weighted by Crippen LogP contribution is 2.39. The molecule has 0 radical (unpaired) electrons. The zero-order valence-corrected chi connectivity index (χ0v) is 18.3. The minimum atomic E-state index is -1.89. The van der Waals surface area contributed by atoms with Crippen LogP contribution in [0.15, 0.2) is 5.11 Å². The monoisotopic (exact) mass is 469 g/mol. The number of rotatable bonds is 14. The molecular weight excluding hydrogens is 442 g/mol. The van der Waals surface area contributed by atoms with Crippen molar-refractivity contribution >= 4 is 35.8 Å². The van der Waals surface area contributed by atoms with Crippen LogP contribution in [-0.2, 0) is 24.0 Å². The summed E-state index contributed by atoms with van der Waals surface area (Å²) in [7, 11) is 0. The molecule has 14 nitrogen and oxygen atoms in total. The molecule has 14 heteroatoms. The lowest BCUT2D eigenvalue weighted by atomic mass is 9.77. The normalized spacial score (nSPS) is 17.3. The second kappa shape index (κ2) is 11.8. The number of hydrogen-bond acceptors (Lipinski definition) is 7. The smallest absolute Gasteiger partial charge is 0.335 e. The molecule has 3 N–H and O–H groups in total. The van der Waals surface area contributed by atoms with Crippen molar-refractivity contribution in [2.45, 2.75) is 70.9 Å². The summed E-state index contributed by atoms with van der Waals surface area (Å²) >= 11 is 0. The second-order valence-corrected chi connectivity index (χ2v) is 7.51. The van der Waals surface area contributed by atoms with Crippen LogP contribution in [0.25, 0.3) is 10.4 Å². The third-order valence-electron chi connectivity index (χ3n) is 5.75. The molecule has 0 aromatic heterocycles. The second-order valence-electron chi connectivity index (χ2n) is 7.51. The number of carboxylic acid groups (broad SMARTS) is 3. The average molecular weight is 469 g/mol. The van der Waals surface area contributed by atoms with Crippen LogP contribution in [0.3, 0.4) is 0 Å². The standard InChI is InChI=1S/C19H27N5O9/c1-3-19(4-2)16(31)23(11(14(27)28)7-5-6-10-21-22-20)18(33)24(17(19)32)12(15(29)30)8-9-13(25)26/h11-12H,3-10H2,1-2H3,(H,25,26)(H,27,28)(H,29,30). The van der Waals surface area contributed by atoms with Gasteiger partial charge >= 0.3 is 23.9 Å². The van der Waals surface area contributed by atoms with Gasteiger partial charge in [-0.25, -0.2) is 24.2 Å². The number of azide groups is 1. The topological polar surface area (TPSA) is 218 Å². The number of amides is 4. The van der Waals surface area contributed by atoms with Crippen LogP contribution >= 0.6 is 0 Å². The predicted molar refractivity (Wildman–Crippen MR) is 110 cm³/mol. The number of imide groups is 2. The number of aliphatic carboxylic acids is 3. The number of carbonyl (C=O) groups is 6. The van der Waals surface area contributed by atoms with Crippen LogP contribution < -0.4 is 0 Å². The molecular formula is C19H27N5O9. The first-order valence-electron chi connectivity index (χ1n) is 10.4. The number of carboxylic acids is 3. The Kier molecular flexibility index (Phi) is 9.79. The SMILES string of the molecule is CCC1(CC)C(=O)N(C(CCCCN=[N+]=[N-])C(=O)O)C(=O)N(C(CCC(=O)O)C(=O)O)C1=O. The molecule has 1 fully saturated rings. The number of unbranched alkanes of at least 4 members (excludes halogenated alkanes) is 1. The summed E-state index contributed by atoms with van der Waals surface area (Å²) in [6.07, 6.45) is -1.33. The molecule has 1 aliphatic rings. The Morgan fingerprint density at radius 3 is 1.82 bits per heavy atom. The fourth-order valence-corrected chi connectivity index (χ4v) is 3.80. The van der Waals surface area contributed by atoms with Crippen molar-refractivity contribution in [3.8, 4) is 0 Å². The van der Waals surface area contributed by atoms with Crippen molar-refractivity contribution in [1.82, 2.24) is 9.80 Å². The molecule has 2 unspecified atom stereocenters. The fourth-order valence-electron chi connectivity index (χ4n) is 3.80. The molecule has 0 aromatic rings. The number of barbiturate groups is 1. The first kappa shape index (κ1) is 27.4. The summed E-state index contributed by atoms with van der Waals surface area (Å²) < 4.78 is 0. The van der Waals surface area contributed by atoms with Crippen molar-refractivity contribution in [3.05, 3.63) is 10.4 Å². The van der Waals surface area contributed by atoms with Gasteiger partial charge in [-0.15, -0.1) is 0 Å². The highest BCUT2D eigenvalue weighted by molar-refractivity contribution is 6.21. The Morgan fingerprint density at radius 1 is 0.939 bits per heavy atom. The van der Waals surface area contributed by atoms with Gasteiger partial charge in [0.1, 0.15) is 17.5 Å². The molecule has 33 heavy (non-hydrogen) atoms. The van der Waals surface area contributed by atoms with Gasteiger partial charge in [-0.2, -0.15) is 0 Å². The molecule has 0 spiro atoms. The lowest BCUT2D eigenvalue weighted by Crippen LogP contribution is -2.70. The lowest BCUT2D eigenvalue weighted by molar-refractivity contribution is -0.170. The van der Waals surface area contributed by atoms with Crippen molar-refractivity contribution in [3.63, 3.8) is 0 Å². The molecule has 0 aromatic carbocycles. The minimum absolute atomic E-state index is 0.0689. The summed E-state index contributed by atoms with van der Waals surface area (Å²) in [5.41, 5.74) is 6.45. The summed E-state index contributed by atoms with van der Waals surface area (Å²) in [4.78, 5) is 77.8. The van der Waals surface area contributed by atoms with E-state index in [0.717, 1.165) is 0 Å². The molecule has 4 amide bonds.